The summed E-state index contributed by atoms with van der Waals surface area (Å²) < 4.78 is 12.8. The number of amides is 2. The quantitative estimate of drug-likeness (QED) is 0.814. The van der Waals surface area contributed by atoms with Crippen LogP contribution in [0.5, 0.6) is 0 Å². The van der Waals surface area contributed by atoms with E-state index in [2.05, 4.69) is 15.3 Å². The lowest BCUT2D eigenvalue weighted by atomic mass is 10.2. The molecule has 0 radical (unpaired) electrons. The fourth-order valence-electron chi connectivity index (χ4n) is 2.55. The summed E-state index contributed by atoms with van der Waals surface area (Å²) in [5.41, 5.74) is -0.452. The van der Waals surface area contributed by atoms with Gasteiger partial charge in [-0.05, 0) is 20.3 Å². The molecule has 2 amide bonds. The van der Waals surface area contributed by atoms with Gasteiger partial charge in [0.1, 0.15) is 5.82 Å². The molecule has 1 aliphatic heterocycles. The summed E-state index contributed by atoms with van der Waals surface area (Å²) in [6.45, 7) is 4.82. The number of anilines is 1. The number of nitrogens with zero attached hydrogens (tertiary/aromatic N) is 4. The molecule has 24 heavy (non-hydrogen) atoms. The minimum atomic E-state index is -2.05. The third-order valence-corrected chi connectivity index (χ3v) is 4.19. The fourth-order valence-corrected chi connectivity index (χ4v) is 2.61. The van der Waals surface area contributed by atoms with Crippen molar-refractivity contribution >= 4 is 29.2 Å². The summed E-state index contributed by atoms with van der Waals surface area (Å²) in [5.74, 6) is -0.310. The van der Waals surface area contributed by atoms with E-state index in [0.29, 0.717) is 25.3 Å². The highest BCUT2D eigenvalue weighted by atomic mass is 35.5. The van der Waals surface area contributed by atoms with E-state index in [1.165, 1.54) is 4.90 Å². The number of aromatic nitrogens is 2. The van der Waals surface area contributed by atoms with Crippen molar-refractivity contribution in [3.8, 4) is 0 Å². The maximum absolute atomic E-state index is 12.8. The van der Waals surface area contributed by atoms with Crippen molar-refractivity contribution in [1.82, 2.24) is 20.2 Å². The zero-order valence-electron chi connectivity index (χ0n) is 14.1. The number of carbonyl (C=O) groups is 2. The van der Waals surface area contributed by atoms with Crippen molar-refractivity contribution in [2.75, 3.05) is 32.1 Å². The Morgan fingerprint density at radius 3 is 2.62 bits per heavy atom. The van der Waals surface area contributed by atoms with Crippen LogP contribution >= 0.6 is 11.6 Å². The summed E-state index contributed by atoms with van der Waals surface area (Å²) in [5, 5.41) is 2.56. The SMILES string of the molecule is Cc1nc(C(=O)N(C)C)nc(N2CC[C@@H](NC(=O)C(F)Cl)C2)c1C. The van der Waals surface area contributed by atoms with Crippen LogP contribution in [-0.4, -0.2) is 65.5 Å². The van der Waals surface area contributed by atoms with Crippen LogP contribution in [0.1, 0.15) is 28.3 Å². The summed E-state index contributed by atoms with van der Waals surface area (Å²) in [6.07, 6.45) is 0.648. The highest BCUT2D eigenvalue weighted by Gasteiger charge is 2.29. The molecule has 0 bridgehead atoms. The van der Waals surface area contributed by atoms with Crippen LogP contribution < -0.4 is 10.2 Å². The van der Waals surface area contributed by atoms with Crippen LogP contribution in [-0.2, 0) is 4.79 Å². The van der Waals surface area contributed by atoms with Gasteiger partial charge in [-0.1, -0.05) is 11.6 Å². The first kappa shape index (κ1) is 18.4. The monoisotopic (exact) mass is 357 g/mol. The topological polar surface area (TPSA) is 78.4 Å². The van der Waals surface area contributed by atoms with Gasteiger partial charge in [0.05, 0.1) is 0 Å². The summed E-state index contributed by atoms with van der Waals surface area (Å²) in [4.78, 5) is 35.5. The molecule has 0 aromatic carbocycles. The minimum absolute atomic E-state index is 0.134. The number of nitrogens with one attached hydrogen (secondary N) is 1. The van der Waals surface area contributed by atoms with E-state index < -0.39 is 11.5 Å². The largest absolute Gasteiger partial charge is 0.354 e. The van der Waals surface area contributed by atoms with Gasteiger partial charge in [0.2, 0.25) is 5.82 Å². The predicted molar refractivity (Wildman–Crippen MR) is 89.0 cm³/mol. The third kappa shape index (κ3) is 3.92. The minimum Gasteiger partial charge on any atom is -0.354 e. The molecule has 1 aromatic rings. The Morgan fingerprint density at radius 1 is 1.38 bits per heavy atom. The van der Waals surface area contributed by atoms with E-state index in [0.717, 1.165) is 11.3 Å². The Kier molecular flexibility index (Phi) is 5.58. The van der Waals surface area contributed by atoms with Crippen molar-refractivity contribution in [2.45, 2.75) is 31.9 Å². The average molecular weight is 358 g/mol. The molecule has 1 saturated heterocycles. The number of hydrogen-bond acceptors (Lipinski definition) is 5. The van der Waals surface area contributed by atoms with Gasteiger partial charge in [0, 0.05) is 44.5 Å². The van der Waals surface area contributed by atoms with E-state index in [4.69, 9.17) is 11.6 Å². The molecule has 1 unspecified atom stereocenters. The molecule has 1 aromatic heterocycles. The molecule has 0 saturated carbocycles. The molecule has 2 rings (SSSR count). The Bertz CT molecular complexity index is 653. The van der Waals surface area contributed by atoms with Crippen molar-refractivity contribution < 1.29 is 14.0 Å². The maximum Gasteiger partial charge on any atom is 0.291 e. The maximum atomic E-state index is 12.8. The fraction of sp³-hybridized carbons (Fsp3) is 0.600. The number of carbonyl (C=O) groups excluding carboxylic acids is 2. The van der Waals surface area contributed by atoms with Gasteiger partial charge in [0.15, 0.2) is 0 Å². The summed E-state index contributed by atoms with van der Waals surface area (Å²) in [6, 6.07) is -0.211. The Hall–Kier alpha value is -1.96. The van der Waals surface area contributed by atoms with Crippen molar-refractivity contribution in [3.05, 3.63) is 17.1 Å². The average Bonchev–Trinajstić information content (AvgIpc) is 2.97. The van der Waals surface area contributed by atoms with Crippen LogP contribution in [0.25, 0.3) is 0 Å². The van der Waals surface area contributed by atoms with Crippen LogP contribution in [0.15, 0.2) is 0 Å². The predicted octanol–water partition coefficient (Wildman–Crippen LogP) is 1.02. The second-order valence-electron chi connectivity index (χ2n) is 6.02. The van der Waals surface area contributed by atoms with Gasteiger partial charge < -0.3 is 15.1 Å². The van der Waals surface area contributed by atoms with E-state index >= 15 is 0 Å². The first-order chi connectivity index (χ1) is 11.2. The van der Waals surface area contributed by atoms with Crippen LogP contribution in [0.2, 0.25) is 0 Å². The zero-order valence-corrected chi connectivity index (χ0v) is 14.9. The normalized spacial score (nSPS) is 18.4. The number of alkyl halides is 2. The highest BCUT2D eigenvalue weighted by molar-refractivity contribution is 6.29. The standard InChI is InChI=1S/C15H21ClFN5O2/c1-8-9(2)18-12(15(24)21(3)4)20-13(8)22-6-5-10(7-22)19-14(23)11(16)17/h10-11H,5-7H2,1-4H3,(H,19,23)/t10-,11?/m1/s1. The molecule has 1 N–H and O–H groups in total. The smallest absolute Gasteiger partial charge is 0.291 e. The molecule has 1 fully saturated rings. The molecule has 0 aliphatic carbocycles. The lowest BCUT2D eigenvalue weighted by Gasteiger charge is -2.22. The van der Waals surface area contributed by atoms with Gasteiger partial charge in [-0.2, -0.15) is 0 Å². The summed E-state index contributed by atoms with van der Waals surface area (Å²) in [7, 11) is 3.28. The first-order valence-corrected chi connectivity index (χ1v) is 8.04. The van der Waals surface area contributed by atoms with E-state index in [9.17, 15) is 14.0 Å². The van der Waals surface area contributed by atoms with E-state index in [-0.39, 0.29) is 17.8 Å². The zero-order chi connectivity index (χ0) is 18.0. The Balaban J connectivity index is 2.20. The number of hydrogen-bond donors (Lipinski definition) is 1. The molecule has 2 heterocycles. The van der Waals surface area contributed by atoms with Crippen LogP contribution in [0, 0.1) is 13.8 Å². The highest BCUT2D eigenvalue weighted by Crippen LogP contribution is 2.24. The molecule has 7 nitrogen and oxygen atoms in total. The van der Waals surface area contributed by atoms with Crippen molar-refractivity contribution in [3.63, 3.8) is 0 Å². The summed E-state index contributed by atoms with van der Waals surface area (Å²) >= 11 is 5.14. The lowest BCUT2D eigenvalue weighted by Crippen LogP contribution is -2.40. The van der Waals surface area contributed by atoms with E-state index in [1.54, 1.807) is 14.1 Å². The second kappa shape index (κ2) is 7.29. The molecule has 2 atom stereocenters. The third-order valence-electron chi connectivity index (χ3n) is 3.99. The van der Waals surface area contributed by atoms with Gasteiger partial charge in [-0.15, -0.1) is 0 Å². The molecule has 1 aliphatic rings. The molecule has 0 spiro atoms. The first-order valence-electron chi connectivity index (χ1n) is 7.61. The lowest BCUT2D eigenvalue weighted by molar-refractivity contribution is -0.123. The second-order valence-corrected chi connectivity index (χ2v) is 6.40. The van der Waals surface area contributed by atoms with Crippen molar-refractivity contribution in [2.24, 2.45) is 0 Å². The molecular weight excluding hydrogens is 337 g/mol. The van der Waals surface area contributed by atoms with Crippen molar-refractivity contribution in [1.29, 1.82) is 0 Å². The van der Waals surface area contributed by atoms with E-state index in [1.807, 2.05) is 18.7 Å². The van der Waals surface area contributed by atoms with Gasteiger partial charge in [0.25, 0.3) is 17.4 Å². The number of halogens is 2. The van der Waals surface area contributed by atoms with Crippen LogP contribution in [0.4, 0.5) is 10.2 Å². The van der Waals surface area contributed by atoms with Gasteiger partial charge >= 0.3 is 0 Å². The van der Waals surface area contributed by atoms with Gasteiger partial charge in [-0.3, -0.25) is 9.59 Å². The van der Waals surface area contributed by atoms with Gasteiger partial charge in [-0.25, -0.2) is 14.4 Å². The number of rotatable bonds is 4. The molecular formula is C15H21ClFN5O2. The van der Waals surface area contributed by atoms with Crippen LogP contribution in [0.3, 0.4) is 0 Å². The Morgan fingerprint density at radius 2 is 2.04 bits per heavy atom. The number of aryl methyl sites for hydroxylation is 1. The molecule has 132 valence electrons. The Labute approximate surface area is 145 Å². The molecule has 9 heteroatoms.